The summed E-state index contributed by atoms with van der Waals surface area (Å²) in [7, 11) is 0. The van der Waals surface area contributed by atoms with E-state index in [1.807, 2.05) is 0 Å². The van der Waals surface area contributed by atoms with Gasteiger partial charge in [0.15, 0.2) is 18.2 Å². The lowest BCUT2D eigenvalue weighted by Crippen LogP contribution is -2.22. The van der Waals surface area contributed by atoms with Crippen LogP contribution in [0.15, 0.2) is 48.5 Å². The van der Waals surface area contributed by atoms with Crippen molar-refractivity contribution in [2.45, 2.75) is 26.7 Å². The van der Waals surface area contributed by atoms with Crippen molar-refractivity contribution in [3.63, 3.8) is 0 Å². The number of carbonyl (C=O) groups is 5. The Labute approximate surface area is 173 Å². The molecule has 0 saturated carbocycles. The van der Waals surface area contributed by atoms with E-state index in [4.69, 9.17) is 4.74 Å². The predicted molar refractivity (Wildman–Crippen MR) is 110 cm³/mol. The molecule has 2 aromatic carbocycles. The number of nitrogens with one attached hydrogen (secondary N) is 2. The quantitative estimate of drug-likeness (QED) is 0.485. The third kappa shape index (κ3) is 7.31. The Kier molecular flexibility index (Phi) is 7.99. The number of rotatable bonds is 9. The van der Waals surface area contributed by atoms with Gasteiger partial charge in [0, 0.05) is 28.9 Å². The van der Waals surface area contributed by atoms with E-state index in [0.29, 0.717) is 22.5 Å². The fourth-order valence-corrected chi connectivity index (χ4v) is 2.49. The molecule has 0 heterocycles. The fourth-order valence-electron chi connectivity index (χ4n) is 2.49. The number of Topliss-reactive ketones (excluding diaryl/α,β-unsaturated/α-hetero) is 2. The monoisotopic (exact) mass is 410 g/mol. The minimum atomic E-state index is -0.699. The topological polar surface area (TPSA) is 119 Å². The molecule has 0 aliphatic rings. The van der Waals surface area contributed by atoms with Crippen molar-refractivity contribution < 1.29 is 28.7 Å². The summed E-state index contributed by atoms with van der Waals surface area (Å²) in [5, 5.41) is 5.13. The second-order valence-corrected chi connectivity index (χ2v) is 6.53. The van der Waals surface area contributed by atoms with Crippen molar-refractivity contribution in [1.29, 1.82) is 0 Å². The van der Waals surface area contributed by atoms with Crippen LogP contribution in [0.4, 0.5) is 11.4 Å². The Bertz CT molecular complexity index is 906. The summed E-state index contributed by atoms with van der Waals surface area (Å²) < 4.78 is 4.86. The molecular weight excluding hydrogens is 388 g/mol. The van der Waals surface area contributed by atoms with Gasteiger partial charge in [-0.25, -0.2) is 0 Å². The van der Waals surface area contributed by atoms with Crippen molar-refractivity contribution in [2.24, 2.45) is 0 Å². The lowest BCUT2D eigenvalue weighted by Gasteiger charge is -2.08. The van der Waals surface area contributed by atoms with Crippen LogP contribution in [-0.4, -0.2) is 36.0 Å². The van der Waals surface area contributed by atoms with Gasteiger partial charge in [-0.1, -0.05) is 24.3 Å². The average Bonchev–Trinajstić information content (AvgIpc) is 2.71. The fraction of sp³-hybridized carbons (Fsp3) is 0.227. The molecule has 156 valence electrons. The van der Waals surface area contributed by atoms with Crippen LogP contribution in [0, 0.1) is 0 Å². The second kappa shape index (κ2) is 10.7. The summed E-state index contributed by atoms with van der Waals surface area (Å²) in [5.74, 6) is -1.94. The Hall–Kier alpha value is -3.81. The first-order valence-corrected chi connectivity index (χ1v) is 9.22. The summed E-state index contributed by atoms with van der Waals surface area (Å²) in [5.41, 5.74) is 1.78. The number of carbonyl (C=O) groups excluding carboxylic acids is 5. The summed E-state index contributed by atoms with van der Waals surface area (Å²) in [4.78, 5) is 58.3. The molecule has 0 aliphatic heterocycles. The van der Waals surface area contributed by atoms with Gasteiger partial charge in [0.1, 0.15) is 0 Å². The predicted octanol–water partition coefficient (Wildman–Crippen LogP) is 2.99. The molecule has 8 heteroatoms. The summed E-state index contributed by atoms with van der Waals surface area (Å²) >= 11 is 0. The lowest BCUT2D eigenvalue weighted by molar-refractivity contribution is -0.147. The van der Waals surface area contributed by atoms with Gasteiger partial charge in [-0.2, -0.15) is 0 Å². The first-order valence-electron chi connectivity index (χ1n) is 9.22. The highest BCUT2D eigenvalue weighted by molar-refractivity contribution is 5.98. The summed E-state index contributed by atoms with van der Waals surface area (Å²) in [6, 6.07) is 12.8. The second-order valence-electron chi connectivity index (χ2n) is 6.53. The number of esters is 1. The smallest absolute Gasteiger partial charge is 0.306 e. The average molecular weight is 410 g/mol. The van der Waals surface area contributed by atoms with Gasteiger partial charge >= 0.3 is 5.97 Å². The van der Waals surface area contributed by atoms with Crippen LogP contribution in [0.2, 0.25) is 0 Å². The van der Waals surface area contributed by atoms with E-state index < -0.39 is 24.4 Å². The van der Waals surface area contributed by atoms with E-state index >= 15 is 0 Å². The molecular formula is C22H22N2O6. The molecule has 0 spiro atoms. The molecule has 2 rings (SSSR count). The molecule has 0 aromatic heterocycles. The van der Waals surface area contributed by atoms with Crippen LogP contribution in [0.5, 0.6) is 0 Å². The first kappa shape index (κ1) is 22.5. The van der Waals surface area contributed by atoms with Crippen LogP contribution in [0.25, 0.3) is 0 Å². The number of hydrogen-bond donors (Lipinski definition) is 2. The maximum Gasteiger partial charge on any atom is 0.306 e. The highest BCUT2D eigenvalue weighted by Gasteiger charge is 2.12. The van der Waals surface area contributed by atoms with Gasteiger partial charge in [0.2, 0.25) is 5.91 Å². The molecule has 2 amide bonds. The van der Waals surface area contributed by atoms with Gasteiger partial charge in [0.05, 0.1) is 6.42 Å². The zero-order valence-electron chi connectivity index (χ0n) is 16.7. The number of ether oxygens (including phenoxy) is 1. The van der Waals surface area contributed by atoms with E-state index in [-0.39, 0.29) is 24.4 Å². The zero-order valence-corrected chi connectivity index (χ0v) is 16.7. The highest BCUT2D eigenvalue weighted by Crippen LogP contribution is 2.13. The number of benzene rings is 2. The minimum absolute atomic E-state index is 0.124. The maximum absolute atomic E-state index is 12.0. The van der Waals surface area contributed by atoms with Crippen LogP contribution in [0.3, 0.4) is 0 Å². The molecule has 0 saturated heterocycles. The van der Waals surface area contributed by atoms with E-state index in [1.54, 1.807) is 42.5 Å². The SMILES string of the molecule is CC(=O)c1cccc(NC(=O)CCC(=O)OCC(=O)Nc2cccc(C(C)=O)c2)c1. The summed E-state index contributed by atoms with van der Waals surface area (Å²) in [6.45, 7) is 2.33. The van der Waals surface area contributed by atoms with Crippen LogP contribution in [0.1, 0.15) is 47.4 Å². The van der Waals surface area contributed by atoms with Crippen LogP contribution < -0.4 is 10.6 Å². The van der Waals surface area contributed by atoms with E-state index in [9.17, 15) is 24.0 Å². The molecule has 30 heavy (non-hydrogen) atoms. The molecule has 0 radical (unpaired) electrons. The molecule has 0 unspecified atom stereocenters. The molecule has 0 aliphatic carbocycles. The van der Waals surface area contributed by atoms with Gasteiger partial charge in [-0.05, 0) is 38.1 Å². The Morgan fingerprint density at radius 3 is 1.73 bits per heavy atom. The van der Waals surface area contributed by atoms with Gasteiger partial charge < -0.3 is 15.4 Å². The lowest BCUT2D eigenvalue weighted by atomic mass is 10.1. The normalized spacial score (nSPS) is 10.1. The molecule has 2 N–H and O–H groups in total. The largest absolute Gasteiger partial charge is 0.456 e. The maximum atomic E-state index is 12.0. The standard InChI is InChI=1S/C22H22N2O6/c1-14(25)16-5-3-7-18(11-16)23-20(27)9-10-22(29)30-13-21(28)24-19-8-4-6-17(12-19)15(2)26/h3-8,11-12H,9-10,13H2,1-2H3,(H,23,27)(H,24,28). The zero-order chi connectivity index (χ0) is 22.1. The van der Waals surface area contributed by atoms with Crippen molar-refractivity contribution >= 4 is 40.7 Å². The number of hydrogen-bond acceptors (Lipinski definition) is 6. The Morgan fingerprint density at radius 1 is 0.733 bits per heavy atom. The number of ketones is 2. The van der Waals surface area contributed by atoms with Crippen LogP contribution >= 0.6 is 0 Å². The van der Waals surface area contributed by atoms with Crippen molar-refractivity contribution in [1.82, 2.24) is 0 Å². The van der Waals surface area contributed by atoms with E-state index in [1.165, 1.54) is 19.9 Å². The first-order chi connectivity index (χ1) is 14.2. The number of anilines is 2. The summed E-state index contributed by atoms with van der Waals surface area (Å²) in [6.07, 6.45) is -0.337. The third-order valence-corrected chi connectivity index (χ3v) is 4.03. The van der Waals surface area contributed by atoms with Gasteiger partial charge in [-0.15, -0.1) is 0 Å². The Morgan fingerprint density at radius 2 is 1.23 bits per heavy atom. The molecule has 0 bridgehead atoms. The minimum Gasteiger partial charge on any atom is -0.456 e. The van der Waals surface area contributed by atoms with Crippen molar-refractivity contribution in [3.05, 3.63) is 59.7 Å². The van der Waals surface area contributed by atoms with Crippen molar-refractivity contribution in [2.75, 3.05) is 17.2 Å². The van der Waals surface area contributed by atoms with Gasteiger partial charge in [0.25, 0.3) is 5.91 Å². The molecule has 8 nitrogen and oxygen atoms in total. The third-order valence-electron chi connectivity index (χ3n) is 4.03. The molecule has 0 fully saturated rings. The van der Waals surface area contributed by atoms with Gasteiger partial charge in [-0.3, -0.25) is 24.0 Å². The van der Waals surface area contributed by atoms with Crippen LogP contribution in [-0.2, 0) is 19.1 Å². The van der Waals surface area contributed by atoms with Crippen molar-refractivity contribution in [3.8, 4) is 0 Å². The van der Waals surface area contributed by atoms with E-state index in [2.05, 4.69) is 10.6 Å². The molecule has 2 aromatic rings. The number of amides is 2. The van der Waals surface area contributed by atoms with E-state index in [0.717, 1.165) is 0 Å². The Balaban J connectivity index is 1.74. The highest BCUT2D eigenvalue weighted by atomic mass is 16.5. The molecule has 0 atom stereocenters.